The molecular weight excluding hydrogens is 558 g/mol. The summed E-state index contributed by atoms with van der Waals surface area (Å²) in [7, 11) is 2.06. The first-order valence-electron chi connectivity index (χ1n) is 15.8. The largest absolute Gasteiger partial charge is 0.444 e. The molecule has 1 N–H and O–H groups in total. The molecule has 4 aliphatic rings. The number of aromatic nitrogens is 4. The molecule has 2 aromatic heterocycles. The van der Waals surface area contributed by atoms with Crippen LogP contribution in [0.5, 0.6) is 0 Å². The van der Waals surface area contributed by atoms with E-state index in [1.165, 1.54) is 0 Å². The Kier molecular flexibility index (Phi) is 7.31. The first-order valence-corrected chi connectivity index (χ1v) is 15.8. The number of carbonyl (C=O) groups excluding carboxylic acids is 2. The number of nitrogens with one attached hydrogen (secondary N) is 1. The minimum Gasteiger partial charge on any atom is -0.444 e. The average Bonchev–Trinajstić information content (AvgIpc) is 3.71. The molecule has 11 nitrogen and oxygen atoms in total. The highest BCUT2D eigenvalue weighted by Crippen LogP contribution is 2.42. The zero-order valence-corrected chi connectivity index (χ0v) is 26.0. The number of hydrogen-bond donors (Lipinski definition) is 1. The van der Waals surface area contributed by atoms with Crippen molar-refractivity contribution in [1.82, 2.24) is 24.9 Å². The minimum absolute atomic E-state index is 0.0339. The highest BCUT2D eigenvalue weighted by atomic mass is 16.6. The van der Waals surface area contributed by atoms with Crippen molar-refractivity contribution < 1.29 is 19.1 Å². The summed E-state index contributed by atoms with van der Waals surface area (Å²) in [6, 6.07) is 8.64. The third kappa shape index (κ3) is 5.42. The van der Waals surface area contributed by atoms with Crippen LogP contribution in [0.25, 0.3) is 22.4 Å². The monoisotopic (exact) mass is 599 g/mol. The minimum atomic E-state index is -0.502. The van der Waals surface area contributed by atoms with E-state index >= 15 is 0 Å². The van der Waals surface area contributed by atoms with Gasteiger partial charge in [0.15, 0.2) is 5.82 Å². The van der Waals surface area contributed by atoms with Gasteiger partial charge in [0.1, 0.15) is 11.8 Å². The zero-order chi connectivity index (χ0) is 30.6. The van der Waals surface area contributed by atoms with Crippen LogP contribution in [0.3, 0.4) is 0 Å². The van der Waals surface area contributed by atoms with Crippen LogP contribution in [0.1, 0.15) is 77.5 Å². The SMILES string of the molecule is CN(c1ccc(-c2ccc(-c3cnn(C4CCCCO4)c3)c3c2NC(=O)C3)nn1)C1C[C@H]2CC[C@@H](C1)N2C(=O)OC(C)(C)C. The zero-order valence-electron chi connectivity index (χ0n) is 26.0. The summed E-state index contributed by atoms with van der Waals surface area (Å²) in [6.45, 7) is 6.49. The Morgan fingerprint density at radius 2 is 1.82 bits per heavy atom. The summed E-state index contributed by atoms with van der Waals surface area (Å²) in [5.74, 6) is 0.756. The lowest BCUT2D eigenvalue weighted by molar-refractivity contribution is -0.115. The van der Waals surface area contributed by atoms with Gasteiger partial charge in [-0.15, -0.1) is 10.2 Å². The number of nitrogens with zero attached hydrogens (tertiary/aromatic N) is 6. The Labute approximate surface area is 257 Å². The fraction of sp³-hybridized carbons (Fsp3) is 0.545. The first-order chi connectivity index (χ1) is 21.1. The second-order valence-electron chi connectivity index (χ2n) is 13.6. The van der Waals surface area contributed by atoms with Gasteiger partial charge in [0.25, 0.3) is 0 Å². The highest BCUT2D eigenvalue weighted by Gasteiger charge is 2.46. The first kappa shape index (κ1) is 28.8. The van der Waals surface area contributed by atoms with E-state index in [1.54, 1.807) is 0 Å². The molecule has 3 fully saturated rings. The topological polar surface area (TPSA) is 115 Å². The summed E-state index contributed by atoms with van der Waals surface area (Å²) < 4.78 is 13.5. The molecule has 0 saturated carbocycles. The predicted octanol–water partition coefficient (Wildman–Crippen LogP) is 5.57. The Hall–Kier alpha value is -3.99. The summed E-state index contributed by atoms with van der Waals surface area (Å²) in [4.78, 5) is 29.7. The Balaban J connectivity index is 1.08. The molecule has 6 heterocycles. The number of hydrogen-bond acceptors (Lipinski definition) is 8. The maximum absolute atomic E-state index is 12.9. The number of amides is 2. The van der Waals surface area contributed by atoms with Crippen molar-refractivity contribution in [3.8, 4) is 22.4 Å². The van der Waals surface area contributed by atoms with Crippen molar-refractivity contribution in [2.24, 2.45) is 0 Å². The van der Waals surface area contributed by atoms with Crippen LogP contribution in [0.15, 0.2) is 36.7 Å². The van der Waals surface area contributed by atoms with Crippen molar-refractivity contribution >= 4 is 23.5 Å². The molecule has 44 heavy (non-hydrogen) atoms. The van der Waals surface area contributed by atoms with E-state index in [9.17, 15) is 9.59 Å². The number of carbonyl (C=O) groups is 2. The highest BCUT2D eigenvalue weighted by molar-refractivity contribution is 6.06. The van der Waals surface area contributed by atoms with Crippen LogP contribution in [0, 0.1) is 0 Å². The second kappa shape index (κ2) is 11.2. The Morgan fingerprint density at radius 3 is 2.50 bits per heavy atom. The molecule has 7 rings (SSSR count). The third-order valence-electron chi connectivity index (χ3n) is 9.43. The van der Waals surface area contributed by atoms with Crippen LogP contribution in [0.4, 0.5) is 16.3 Å². The van der Waals surface area contributed by atoms with Crippen LogP contribution in [-0.4, -0.2) is 74.3 Å². The average molecular weight is 600 g/mol. The van der Waals surface area contributed by atoms with Crippen LogP contribution >= 0.6 is 0 Å². The smallest absolute Gasteiger partial charge is 0.410 e. The Morgan fingerprint density at radius 1 is 1.05 bits per heavy atom. The Bertz CT molecular complexity index is 1540. The molecule has 0 radical (unpaired) electrons. The molecule has 0 aliphatic carbocycles. The summed E-state index contributed by atoms with van der Waals surface area (Å²) in [5.41, 5.74) is 4.75. The van der Waals surface area contributed by atoms with Crippen LogP contribution in [-0.2, 0) is 20.7 Å². The van der Waals surface area contributed by atoms with Gasteiger partial charge >= 0.3 is 6.09 Å². The fourth-order valence-corrected chi connectivity index (χ4v) is 7.29. The number of fused-ring (bicyclic) bond motifs is 3. The second-order valence-corrected chi connectivity index (χ2v) is 13.6. The lowest BCUT2D eigenvalue weighted by Gasteiger charge is -2.42. The molecule has 3 aromatic rings. The molecule has 3 saturated heterocycles. The molecule has 4 atom stereocenters. The molecule has 2 bridgehead atoms. The molecule has 4 aliphatic heterocycles. The van der Waals surface area contributed by atoms with Crippen molar-refractivity contribution in [3.05, 3.63) is 42.2 Å². The molecule has 2 amide bonds. The standard InChI is InChI=1S/C33H41N7O4/c1-33(2,3)44-32(42)40-21-8-9-22(40)16-23(15-21)38(4)28-13-12-27(36-37-28)25-11-10-24(26-17-29(41)35-31(25)26)20-18-34-39(19-20)30-7-5-6-14-43-30/h10-13,18-19,21-23,30H,5-9,14-17H2,1-4H3,(H,35,41)/t21-,22+,23?,30?. The van der Waals surface area contributed by atoms with E-state index in [0.29, 0.717) is 12.1 Å². The van der Waals surface area contributed by atoms with Crippen molar-refractivity contribution in [1.29, 1.82) is 0 Å². The molecule has 0 spiro atoms. The van der Waals surface area contributed by atoms with Gasteiger partial charge in [-0.05, 0) is 89.0 Å². The molecule has 11 heteroatoms. The molecular formula is C33H41N7O4. The fourth-order valence-electron chi connectivity index (χ4n) is 7.29. The molecule has 2 unspecified atom stereocenters. The predicted molar refractivity (Wildman–Crippen MR) is 166 cm³/mol. The van der Waals surface area contributed by atoms with Crippen LogP contribution < -0.4 is 10.2 Å². The number of ether oxygens (including phenoxy) is 2. The normalized spacial score (nSPS) is 24.6. The number of benzene rings is 1. The lowest BCUT2D eigenvalue weighted by atomic mass is 9.95. The summed E-state index contributed by atoms with van der Waals surface area (Å²) in [5, 5.41) is 16.9. The van der Waals surface area contributed by atoms with Gasteiger partial charge in [0.05, 0.1) is 24.0 Å². The van der Waals surface area contributed by atoms with Gasteiger partial charge in [-0.1, -0.05) is 12.1 Å². The van der Waals surface area contributed by atoms with E-state index in [4.69, 9.17) is 9.47 Å². The lowest BCUT2D eigenvalue weighted by Crippen LogP contribution is -2.53. The van der Waals surface area contributed by atoms with E-state index in [-0.39, 0.29) is 36.4 Å². The van der Waals surface area contributed by atoms with Gasteiger partial charge < -0.3 is 24.6 Å². The van der Waals surface area contributed by atoms with E-state index in [1.807, 2.05) is 67.0 Å². The third-order valence-corrected chi connectivity index (χ3v) is 9.43. The van der Waals surface area contributed by atoms with Crippen molar-refractivity contribution in [2.75, 3.05) is 23.9 Å². The van der Waals surface area contributed by atoms with Gasteiger partial charge in [-0.2, -0.15) is 5.10 Å². The van der Waals surface area contributed by atoms with E-state index < -0.39 is 5.60 Å². The number of rotatable bonds is 5. The molecule has 1 aromatic carbocycles. The summed E-state index contributed by atoms with van der Waals surface area (Å²) in [6.07, 6.45) is 10.9. The maximum atomic E-state index is 12.9. The van der Waals surface area contributed by atoms with E-state index in [2.05, 4.69) is 32.6 Å². The number of piperidine rings is 1. The molecule has 232 valence electrons. The van der Waals surface area contributed by atoms with Gasteiger partial charge in [0.2, 0.25) is 5.91 Å². The van der Waals surface area contributed by atoms with E-state index in [0.717, 1.165) is 85.3 Å². The van der Waals surface area contributed by atoms with Crippen molar-refractivity contribution in [3.63, 3.8) is 0 Å². The van der Waals surface area contributed by atoms with Gasteiger partial charge in [0, 0.05) is 49.1 Å². The van der Waals surface area contributed by atoms with Gasteiger partial charge in [-0.25, -0.2) is 9.48 Å². The number of anilines is 2. The quantitative estimate of drug-likeness (QED) is 0.405. The summed E-state index contributed by atoms with van der Waals surface area (Å²) >= 11 is 0. The van der Waals surface area contributed by atoms with Crippen molar-refractivity contribution in [2.45, 2.75) is 102 Å². The van der Waals surface area contributed by atoms with Gasteiger partial charge in [-0.3, -0.25) is 4.79 Å². The van der Waals surface area contributed by atoms with Crippen LogP contribution in [0.2, 0.25) is 0 Å². The maximum Gasteiger partial charge on any atom is 0.410 e.